The molecule has 1 saturated carbocycles. The van der Waals surface area contributed by atoms with Crippen molar-refractivity contribution in [3.63, 3.8) is 0 Å². The summed E-state index contributed by atoms with van der Waals surface area (Å²) in [6, 6.07) is 8.53. The number of aryl methyl sites for hydroxylation is 1. The number of para-hydroxylation sites is 1. The fourth-order valence-electron chi connectivity index (χ4n) is 4.61. The van der Waals surface area contributed by atoms with Crippen molar-refractivity contribution in [2.45, 2.75) is 43.9 Å². The first-order valence-corrected chi connectivity index (χ1v) is 10.2. The average Bonchev–Trinajstić information content (AvgIpc) is 3.40. The van der Waals surface area contributed by atoms with Gasteiger partial charge in [-0.1, -0.05) is 11.2 Å². The molecule has 0 bridgehead atoms. The van der Waals surface area contributed by atoms with Gasteiger partial charge in [-0.05, 0) is 36.2 Å². The van der Waals surface area contributed by atoms with Crippen molar-refractivity contribution in [3.8, 4) is 5.75 Å². The maximum Gasteiger partial charge on any atom is 0.346 e. The molecular formula is C22H18F2N4O3. The van der Waals surface area contributed by atoms with Crippen LogP contribution in [0.15, 0.2) is 51.9 Å². The van der Waals surface area contributed by atoms with Gasteiger partial charge in [-0.3, -0.25) is 4.57 Å². The molecule has 0 radical (unpaired) electrons. The van der Waals surface area contributed by atoms with Crippen molar-refractivity contribution in [1.29, 1.82) is 0 Å². The van der Waals surface area contributed by atoms with Gasteiger partial charge in [0.1, 0.15) is 23.6 Å². The summed E-state index contributed by atoms with van der Waals surface area (Å²) in [5, 5.41) is 9.18. The largest absolute Gasteiger partial charge is 0.486 e. The van der Waals surface area contributed by atoms with Gasteiger partial charge in [0, 0.05) is 30.7 Å². The van der Waals surface area contributed by atoms with E-state index in [-0.39, 0.29) is 17.8 Å². The number of aromatic nitrogens is 4. The molecule has 9 heteroatoms. The van der Waals surface area contributed by atoms with E-state index >= 15 is 0 Å². The van der Waals surface area contributed by atoms with Crippen LogP contribution in [0.5, 0.6) is 5.75 Å². The average molecular weight is 424 g/mol. The standard InChI is InChI=1S/C22H18F2N4O3/c23-14-6-13(7-15(24)8-14)18-4-5-20-26-28(22(29)27(18)20)16-9-17(10-16)30-19-3-1-2-12-11-25-31-21(12)19/h1-3,6-8,11,16-18H,4-5,9-10H2/t16?,17?,18-/m0/s1. The highest BCUT2D eigenvalue weighted by Gasteiger charge is 2.38. The maximum absolute atomic E-state index is 13.7. The fourth-order valence-corrected chi connectivity index (χ4v) is 4.61. The first-order chi connectivity index (χ1) is 15.1. The van der Waals surface area contributed by atoms with Crippen molar-refractivity contribution in [3.05, 3.63) is 76.1 Å². The molecule has 158 valence electrons. The molecule has 0 N–H and O–H groups in total. The highest BCUT2D eigenvalue weighted by Crippen LogP contribution is 2.37. The van der Waals surface area contributed by atoms with Gasteiger partial charge in [-0.25, -0.2) is 18.3 Å². The summed E-state index contributed by atoms with van der Waals surface area (Å²) < 4.78 is 41.7. The second-order valence-corrected chi connectivity index (χ2v) is 8.14. The summed E-state index contributed by atoms with van der Waals surface area (Å²) in [5.74, 6) is -0.0175. The minimum Gasteiger partial charge on any atom is -0.486 e. The molecule has 1 aliphatic heterocycles. The summed E-state index contributed by atoms with van der Waals surface area (Å²) in [6.45, 7) is 0. The molecule has 4 aromatic rings. The van der Waals surface area contributed by atoms with Gasteiger partial charge in [-0.15, -0.1) is 0 Å². The Morgan fingerprint density at radius 1 is 1.13 bits per heavy atom. The normalized spacial score (nSPS) is 22.5. The molecule has 6 rings (SSSR count). The number of ether oxygens (including phenoxy) is 1. The van der Waals surface area contributed by atoms with Crippen molar-refractivity contribution in [1.82, 2.24) is 19.5 Å². The first-order valence-electron chi connectivity index (χ1n) is 10.2. The van der Waals surface area contributed by atoms with Gasteiger partial charge in [0.25, 0.3) is 0 Å². The van der Waals surface area contributed by atoms with Crippen LogP contribution >= 0.6 is 0 Å². The summed E-state index contributed by atoms with van der Waals surface area (Å²) in [6.07, 6.45) is 4.04. The van der Waals surface area contributed by atoms with Crippen LogP contribution in [0.25, 0.3) is 11.0 Å². The van der Waals surface area contributed by atoms with E-state index in [1.807, 2.05) is 18.2 Å². The zero-order valence-corrected chi connectivity index (χ0v) is 16.4. The zero-order chi connectivity index (χ0) is 21.1. The molecule has 2 aliphatic rings. The molecule has 0 spiro atoms. The van der Waals surface area contributed by atoms with Crippen LogP contribution in [0.4, 0.5) is 8.78 Å². The number of hydrogen-bond acceptors (Lipinski definition) is 5. The zero-order valence-electron chi connectivity index (χ0n) is 16.4. The van der Waals surface area contributed by atoms with Gasteiger partial charge < -0.3 is 9.26 Å². The summed E-state index contributed by atoms with van der Waals surface area (Å²) in [7, 11) is 0. The molecule has 31 heavy (non-hydrogen) atoms. The number of nitrogens with zero attached hydrogens (tertiary/aromatic N) is 4. The Labute approximate surface area is 174 Å². The van der Waals surface area contributed by atoms with E-state index in [0.29, 0.717) is 48.4 Å². The molecule has 1 fully saturated rings. The Kier molecular flexibility index (Phi) is 3.99. The lowest BCUT2D eigenvalue weighted by Gasteiger charge is -2.34. The van der Waals surface area contributed by atoms with Gasteiger partial charge in [0.05, 0.1) is 18.3 Å². The van der Waals surface area contributed by atoms with E-state index in [1.165, 1.54) is 16.8 Å². The lowest BCUT2D eigenvalue weighted by atomic mass is 9.89. The number of benzene rings is 2. The van der Waals surface area contributed by atoms with Gasteiger partial charge >= 0.3 is 5.69 Å². The monoisotopic (exact) mass is 424 g/mol. The van der Waals surface area contributed by atoms with Gasteiger partial charge in [0.2, 0.25) is 5.58 Å². The van der Waals surface area contributed by atoms with Crippen LogP contribution in [-0.4, -0.2) is 25.6 Å². The number of fused-ring (bicyclic) bond motifs is 2. The predicted octanol–water partition coefficient (Wildman–Crippen LogP) is 3.78. The van der Waals surface area contributed by atoms with E-state index in [0.717, 1.165) is 11.5 Å². The van der Waals surface area contributed by atoms with Crippen LogP contribution in [0.1, 0.15) is 42.7 Å². The quantitative estimate of drug-likeness (QED) is 0.498. The van der Waals surface area contributed by atoms with Crippen LogP contribution in [0.2, 0.25) is 0 Å². The summed E-state index contributed by atoms with van der Waals surface area (Å²) in [5.41, 5.74) is 0.810. The van der Waals surface area contributed by atoms with Crippen molar-refractivity contribution in [2.24, 2.45) is 0 Å². The molecule has 0 unspecified atom stereocenters. The minimum absolute atomic E-state index is 0.0581. The van der Waals surface area contributed by atoms with Crippen LogP contribution in [0, 0.1) is 11.6 Å². The van der Waals surface area contributed by atoms with Gasteiger partial charge in [-0.2, -0.15) is 5.10 Å². The maximum atomic E-state index is 13.7. The second-order valence-electron chi connectivity index (χ2n) is 8.14. The van der Waals surface area contributed by atoms with Crippen LogP contribution < -0.4 is 10.4 Å². The molecule has 1 aliphatic carbocycles. The van der Waals surface area contributed by atoms with Gasteiger partial charge in [0.15, 0.2) is 5.75 Å². The first kappa shape index (κ1) is 18.3. The Bertz CT molecular complexity index is 1330. The third kappa shape index (κ3) is 2.95. The van der Waals surface area contributed by atoms with E-state index in [9.17, 15) is 13.6 Å². The fraction of sp³-hybridized carbons (Fsp3) is 0.318. The third-order valence-electron chi connectivity index (χ3n) is 6.18. The molecule has 1 atom stereocenters. The van der Waals surface area contributed by atoms with E-state index < -0.39 is 17.7 Å². The van der Waals surface area contributed by atoms with E-state index in [2.05, 4.69) is 10.3 Å². The number of hydrogen-bond donors (Lipinski definition) is 0. The van der Waals surface area contributed by atoms with E-state index in [1.54, 1.807) is 10.8 Å². The SMILES string of the molecule is O=c1n(C2CC(Oc3cccc4cnoc34)C2)nc2n1[C@H](c1cc(F)cc(F)c1)CC2. The highest BCUT2D eigenvalue weighted by atomic mass is 19.1. The van der Waals surface area contributed by atoms with E-state index in [4.69, 9.17) is 9.26 Å². The lowest BCUT2D eigenvalue weighted by molar-refractivity contribution is 0.0625. The summed E-state index contributed by atoms with van der Waals surface area (Å²) in [4.78, 5) is 13.1. The topological polar surface area (TPSA) is 75.1 Å². The smallest absolute Gasteiger partial charge is 0.346 e. The predicted molar refractivity (Wildman–Crippen MR) is 106 cm³/mol. The Morgan fingerprint density at radius 3 is 2.74 bits per heavy atom. The Hall–Kier alpha value is -3.49. The molecule has 2 aromatic heterocycles. The lowest BCUT2D eigenvalue weighted by Crippen LogP contribution is -2.41. The number of halogens is 2. The minimum atomic E-state index is -0.648. The van der Waals surface area contributed by atoms with Crippen molar-refractivity contribution in [2.75, 3.05) is 0 Å². The molecule has 2 aromatic carbocycles. The second kappa shape index (κ2) is 6.76. The summed E-state index contributed by atoms with van der Waals surface area (Å²) >= 11 is 0. The van der Waals surface area contributed by atoms with Crippen LogP contribution in [-0.2, 0) is 6.42 Å². The molecular weight excluding hydrogens is 406 g/mol. The Morgan fingerprint density at radius 2 is 1.94 bits per heavy atom. The van der Waals surface area contributed by atoms with Crippen molar-refractivity contribution < 1.29 is 18.0 Å². The third-order valence-corrected chi connectivity index (χ3v) is 6.18. The number of rotatable bonds is 4. The molecule has 7 nitrogen and oxygen atoms in total. The molecule has 0 saturated heterocycles. The highest BCUT2D eigenvalue weighted by molar-refractivity contribution is 5.81. The Balaban J connectivity index is 1.21. The van der Waals surface area contributed by atoms with Crippen LogP contribution in [0.3, 0.4) is 0 Å². The van der Waals surface area contributed by atoms with Crippen molar-refractivity contribution >= 4 is 11.0 Å². The molecule has 0 amide bonds. The molecule has 3 heterocycles.